The van der Waals surface area contributed by atoms with Gasteiger partial charge >= 0.3 is 42.5 Å². The molecule has 1 aromatic carbocycles. The quantitative estimate of drug-likeness (QED) is 0.0997. The summed E-state index contributed by atoms with van der Waals surface area (Å²) < 4.78 is 216. The van der Waals surface area contributed by atoms with E-state index in [2.05, 4.69) is 19.4 Å². The van der Waals surface area contributed by atoms with Crippen LogP contribution in [0.25, 0.3) is 11.4 Å². The minimum Gasteiger partial charge on any atom is -0.490 e. The van der Waals surface area contributed by atoms with Gasteiger partial charge in [-0.15, -0.1) is 0 Å². The molecule has 22 heteroatoms. The second-order valence-corrected chi connectivity index (χ2v) is 9.58. The van der Waals surface area contributed by atoms with Gasteiger partial charge in [-0.25, -0.2) is 19.4 Å². The molecule has 0 amide bonds. The molecule has 0 saturated carbocycles. The SMILES string of the molecule is CCCCCOc1cc(-c2ncccn2)ccc1OCCCOCC(F)(F)OC(F)(F)C(F)(F)OC(F)(F)C(F)(F)C(F)(F)C(F)(F)F. The number of hydrogen-bond acceptors (Lipinski definition) is 7. The van der Waals surface area contributed by atoms with Crippen LogP contribution in [0.2, 0.25) is 0 Å². The van der Waals surface area contributed by atoms with Crippen LogP contribution in [0.5, 0.6) is 11.5 Å². The van der Waals surface area contributed by atoms with E-state index in [1.165, 1.54) is 18.5 Å². The first-order chi connectivity index (χ1) is 21.9. The number of aromatic nitrogens is 2. The Morgan fingerprint density at radius 2 is 1.17 bits per heavy atom. The molecule has 2 rings (SSSR count). The predicted molar refractivity (Wildman–Crippen MR) is 131 cm³/mol. The van der Waals surface area contributed by atoms with Crippen LogP contribution in [0.3, 0.4) is 0 Å². The summed E-state index contributed by atoms with van der Waals surface area (Å²) in [5.74, 6) is -15.0. The molecule has 0 radical (unpaired) electrons. The lowest BCUT2D eigenvalue weighted by Gasteiger charge is -2.36. The standard InChI is InChI=1S/C26H25F15N2O5/c1-2-3-4-12-46-18-14-16(19-42-9-5-10-43-19)7-8-17(18)45-13-6-11-44-15-20(27,28)47-25(38,39)26(40,41)48-24(36,37)22(31,32)21(29,30)23(33,34)35/h5,7-10,14H,2-4,6,11-13,15H2,1H3. The van der Waals surface area contributed by atoms with Gasteiger partial charge in [-0.1, -0.05) is 19.8 Å². The maximum atomic E-state index is 13.8. The maximum absolute atomic E-state index is 13.8. The molecule has 1 heterocycles. The van der Waals surface area contributed by atoms with Gasteiger partial charge in [-0.05, 0) is 30.7 Å². The van der Waals surface area contributed by atoms with E-state index in [4.69, 9.17) is 9.47 Å². The van der Waals surface area contributed by atoms with E-state index >= 15 is 0 Å². The van der Waals surface area contributed by atoms with Gasteiger partial charge in [-0.2, -0.15) is 65.9 Å². The van der Waals surface area contributed by atoms with Crippen molar-refractivity contribution >= 4 is 0 Å². The number of rotatable bonds is 20. The van der Waals surface area contributed by atoms with Gasteiger partial charge in [0.1, 0.15) is 6.61 Å². The zero-order valence-corrected chi connectivity index (χ0v) is 24.2. The lowest BCUT2D eigenvalue weighted by Crippen LogP contribution is -2.64. The van der Waals surface area contributed by atoms with Crippen LogP contribution < -0.4 is 9.47 Å². The summed E-state index contributed by atoms with van der Waals surface area (Å²) >= 11 is 0. The van der Waals surface area contributed by atoms with Gasteiger partial charge in [0, 0.05) is 24.4 Å². The van der Waals surface area contributed by atoms with E-state index in [9.17, 15) is 65.9 Å². The third-order valence-corrected chi connectivity index (χ3v) is 5.72. The Bertz CT molecular complexity index is 1300. The van der Waals surface area contributed by atoms with Crippen LogP contribution in [0.1, 0.15) is 32.6 Å². The minimum atomic E-state index is -7.92. The molecule has 0 N–H and O–H groups in total. The summed E-state index contributed by atoms with van der Waals surface area (Å²) in [5, 5.41) is 0. The molecular weight excluding hydrogens is 705 g/mol. The van der Waals surface area contributed by atoms with E-state index in [1.807, 2.05) is 6.92 Å². The molecule has 0 spiro atoms. The lowest BCUT2D eigenvalue weighted by molar-refractivity contribution is -0.543. The monoisotopic (exact) mass is 730 g/mol. The Balaban J connectivity index is 1.97. The topological polar surface area (TPSA) is 71.9 Å². The van der Waals surface area contributed by atoms with Crippen LogP contribution >= 0.6 is 0 Å². The molecule has 0 unspecified atom stereocenters. The number of unbranched alkanes of at least 4 members (excludes halogenated alkanes) is 2. The number of hydrogen-bond donors (Lipinski definition) is 0. The normalized spacial score (nSPS) is 13.9. The summed E-state index contributed by atoms with van der Waals surface area (Å²) in [4.78, 5) is 8.21. The number of benzene rings is 1. The third kappa shape index (κ3) is 10.1. The van der Waals surface area contributed by atoms with Crippen molar-refractivity contribution in [3.8, 4) is 22.9 Å². The number of nitrogens with zero attached hydrogens (tertiary/aromatic N) is 2. The fraction of sp³-hybridized carbons (Fsp3) is 0.615. The van der Waals surface area contributed by atoms with Crippen LogP contribution in [-0.4, -0.2) is 78.9 Å². The molecule has 7 nitrogen and oxygen atoms in total. The highest BCUT2D eigenvalue weighted by molar-refractivity contribution is 5.60. The molecule has 1 aromatic heterocycles. The molecule has 0 saturated heterocycles. The Morgan fingerprint density at radius 1 is 0.604 bits per heavy atom. The highest BCUT2D eigenvalue weighted by Crippen LogP contribution is 2.56. The number of halogens is 15. The second-order valence-electron chi connectivity index (χ2n) is 9.58. The van der Waals surface area contributed by atoms with Crippen LogP contribution in [0, 0.1) is 0 Å². The van der Waals surface area contributed by atoms with E-state index < -0.39 is 55.7 Å². The van der Waals surface area contributed by atoms with E-state index in [-0.39, 0.29) is 31.1 Å². The maximum Gasteiger partial charge on any atom is 0.460 e. The molecule has 274 valence electrons. The lowest BCUT2D eigenvalue weighted by atomic mass is 10.1. The molecule has 2 aromatic rings. The summed E-state index contributed by atoms with van der Waals surface area (Å²) in [6, 6.07) is 6.18. The van der Waals surface area contributed by atoms with Crippen molar-refractivity contribution in [1.82, 2.24) is 9.97 Å². The van der Waals surface area contributed by atoms with Crippen molar-refractivity contribution in [2.75, 3.05) is 26.4 Å². The van der Waals surface area contributed by atoms with Crippen molar-refractivity contribution < 1.29 is 89.5 Å². The fourth-order valence-electron chi connectivity index (χ4n) is 3.32. The van der Waals surface area contributed by atoms with Crippen LogP contribution in [0.4, 0.5) is 65.9 Å². The molecule has 0 aliphatic carbocycles. The Hall–Kier alpha value is -3.27. The average Bonchev–Trinajstić information content (AvgIpc) is 2.96. The Labute approximate surface area is 261 Å². The van der Waals surface area contributed by atoms with Crippen molar-refractivity contribution in [1.29, 1.82) is 0 Å². The van der Waals surface area contributed by atoms with E-state index in [0.717, 1.165) is 12.8 Å². The first-order valence-electron chi connectivity index (χ1n) is 13.4. The molecule has 0 fully saturated rings. The predicted octanol–water partition coefficient (Wildman–Crippen LogP) is 8.74. The molecule has 48 heavy (non-hydrogen) atoms. The highest BCUT2D eigenvalue weighted by Gasteiger charge is 2.85. The fourth-order valence-corrected chi connectivity index (χ4v) is 3.32. The van der Waals surface area contributed by atoms with E-state index in [1.54, 1.807) is 22.9 Å². The second kappa shape index (κ2) is 15.5. The van der Waals surface area contributed by atoms with Crippen molar-refractivity contribution in [2.45, 2.75) is 75.1 Å². The first kappa shape index (κ1) is 40.9. The largest absolute Gasteiger partial charge is 0.490 e. The molecule has 0 bridgehead atoms. The zero-order valence-electron chi connectivity index (χ0n) is 24.2. The molecule has 0 atom stereocenters. The van der Waals surface area contributed by atoms with Crippen molar-refractivity contribution in [3.63, 3.8) is 0 Å². The van der Waals surface area contributed by atoms with Crippen molar-refractivity contribution in [2.24, 2.45) is 0 Å². The van der Waals surface area contributed by atoms with Gasteiger partial charge < -0.3 is 14.2 Å². The van der Waals surface area contributed by atoms with Crippen LogP contribution in [-0.2, 0) is 14.2 Å². The minimum absolute atomic E-state index is 0.164. The van der Waals surface area contributed by atoms with E-state index in [0.29, 0.717) is 17.8 Å². The summed E-state index contributed by atoms with van der Waals surface area (Å²) in [7, 11) is 0. The smallest absolute Gasteiger partial charge is 0.460 e. The highest BCUT2D eigenvalue weighted by atomic mass is 19.4. The Kier molecular flexibility index (Phi) is 13.2. The number of ether oxygens (including phenoxy) is 5. The summed E-state index contributed by atoms with van der Waals surface area (Å²) in [6.07, 6.45) is -29.9. The summed E-state index contributed by atoms with van der Waals surface area (Å²) in [5.41, 5.74) is 0.545. The third-order valence-electron chi connectivity index (χ3n) is 5.72. The van der Waals surface area contributed by atoms with Gasteiger partial charge in [0.25, 0.3) is 0 Å². The van der Waals surface area contributed by atoms with Crippen LogP contribution in [0.15, 0.2) is 36.7 Å². The van der Waals surface area contributed by atoms with Gasteiger partial charge in [0.15, 0.2) is 17.3 Å². The first-order valence-corrected chi connectivity index (χ1v) is 13.4. The number of alkyl halides is 15. The van der Waals surface area contributed by atoms with Gasteiger partial charge in [0.05, 0.1) is 19.8 Å². The zero-order chi connectivity index (χ0) is 36.7. The van der Waals surface area contributed by atoms with Crippen molar-refractivity contribution in [3.05, 3.63) is 36.7 Å². The Morgan fingerprint density at radius 3 is 1.75 bits per heavy atom. The van der Waals surface area contributed by atoms with Gasteiger partial charge in [0.2, 0.25) is 0 Å². The molecular formula is C26H25F15N2O5. The summed E-state index contributed by atoms with van der Waals surface area (Å²) in [6.45, 7) is -1.11. The van der Waals surface area contributed by atoms with Gasteiger partial charge in [-0.3, -0.25) is 0 Å². The average molecular weight is 730 g/mol. The molecule has 0 aliphatic heterocycles. The molecule has 0 aliphatic rings.